The standard InChI is InChI=1S/C21H22N4O2S/c1-4-27-17-6-5-7-18-19(17)23-21(28-18)25(13-12-24(2)3)20(26)16-10-8-15(14-22)9-11-16/h5-11H,4,12-13H2,1-3H3. The largest absolute Gasteiger partial charge is 0.492 e. The second kappa shape index (κ2) is 8.83. The highest BCUT2D eigenvalue weighted by Crippen LogP contribution is 2.34. The van der Waals surface area contributed by atoms with E-state index < -0.39 is 0 Å². The highest BCUT2D eigenvalue weighted by molar-refractivity contribution is 7.22. The predicted octanol–water partition coefficient (Wildman–Crippen LogP) is 3.78. The first-order valence-electron chi connectivity index (χ1n) is 9.02. The predicted molar refractivity (Wildman–Crippen MR) is 112 cm³/mol. The smallest absolute Gasteiger partial charge is 0.260 e. The Morgan fingerprint density at radius 2 is 1.93 bits per heavy atom. The maximum atomic E-state index is 13.2. The molecule has 0 fully saturated rings. The molecule has 1 heterocycles. The van der Waals surface area contributed by atoms with Crippen LogP contribution in [0.3, 0.4) is 0 Å². The molecule has 1 aromatic heterocycles. The SMILES string of the molecule is CCOc1cccc2sc(N(CCN(C)C)C(=O)c3ccc(C#N)cc3)nc12. The molecule has 0 saturated carbocycles. The lowest BCUT2D eigenvalue weighted by atomic mass is 10.1. The molecule has 144 valence electrons. The Bertz CT molecular complexity index is 1010. The number of anilines is 1. The van der Waals surface area contributed by atoms with Crippen LogP contribution in [0.15, 0.2) is 42.5 Å². The number of aromatic nitrogens is 1. The van der Waals surface area contributed by atoms with Gasteiger partial charge in [-0.3, -0.25) is 9.69 Å². The number of likely N-dealkylation sites (N-methyl/N-ethyl adjacent to an activating group) is 1. The molecule has 0 bridgehead atoms. The van der Waals surface area contributed by atoms with Crippen LogP contribution in [0.2, 0.25) is 0 Å². The van der Waals surface area contributed by atoms with Crippen LogP contribution < -0.4 is 9.64 Å². The summed E-state index contributed by atoms with van der Waals surface area (Å²) in [4.78, 5) is 21.6. The number of amides is 1. The molecule has 0 aliphatic heterocycles. The van der Waals surface area contributed by atoms with Gasteiger partial charge in [-0.25, -0.2) is 4.98 Å². The molecular weight excluding hydrogens is 372 g/mol. The van der Waals surface area contributed by atoms with Crippen molar-refractivity contribution >= 4 is 32.6 Å². The van der Waals surface area contributed by atoms with Gasteiger partial charge in [0.05, 0.1) is 22.9 Å². The Morgan fingerprint density at radius 3 is 2.57 bits per heavy atom. The number of ether oxygens (including phenoxy) is 1. The van der Waals surface area contributed by atoms with Crippen LogP contribution in [0.1, 0.15) is 22.8 Å². The number of carbonyl (C=O) groups excluding carboxylic acids is 1. The molecule has 28 heavy (non-hydrogen) atoms. The van der Waals surface area contributed by atoms with Crippen LogP contribution in [0, 0.1) is 11.3 Å². The van der Waals surface area contributed by atoms with Crippen molar-refractivity contribution in [2.45, 2.75) is 6.92 Å². The molecule has 0 aliphatic rings. The van der Waals surface area contributed by atoms with Crippen LogP contribution in [-0.4, -0.2) is 49.6 Å². The van der Waals surface area contributed by atoms with Gasteiger partial charge in [0, 0.05) is 18.7 Å². The van der Waals surface area contributed by atoms with Crippen molar-refractivity contribution in [2.75, 3.05) is 38.7 Å². The molecule has 7 heteroatoms. The number of nitrogens with zero attached hydrogens (tertiary/aromatic N) is 4. The van der Waals surface area contributed by atoms with E-state index in [1.807, 2.05) is 44.1 Å². The molecule has 0 N–H and O–H groups in total. The van der Waals surface area contributed by atoms with Gasteiger partial charge in [-0.05, 0) is 57.4 Å². The first-order chi connectivity index (χ1) is 13.5. The van der Waals surface area contributed by atoms with Crippen LogP contribution in [0.5, 0.6) is 5.75 Å². The molecule has 0 unspecified atom stereocenters. The molecule has 0 atom stereocenters. The van der Waals surface area contributed by atoms with Gasteiger partial charge in [0.2, 0.25) is 0 Å². The number of benzene rings is 2. The Hall–Kier alpha value is -2.95. The third kappa shape index (κ3) is 4.30. The summed E-state index contributed by atoms with van der Waals surface area (Å²) in [7, 11) is 3.94. The third-order valence-electron chi connectivity index (χ3n) is 4.18. The van der Waals surface area contributed by atoms with Crippen molar-refractivity contribution in [2.24, 2.45) is 0 Å². The summed E-state index contributed by atoms with van der Waals surface area (Å²) >= 11 is 1.47. The van der Waals surface area contributed by atoms with E-state index in [9.17, 15) is 4.79 Å². The lowest BCUT2D eigenvalue weighted by Crippen LogP contribution is -2.36. The second-order valence-electron chi connectivity index (χ2n) is 6.48. The van der Waals surface area contributed by atoms with Gasteiger partial charge in [0.1, 0.15) is 11.3 Å². The van der Waals surface area contributed by atoms with Crippen molar-refractivity contribution < 1.29 is 9.53 Å². The molecule has 2 aromatic carbocycles. The van der Waals surface area contributed by atoms with Crippen molar-refractivity contribution in [3.8, 4) is 11.8 Å². The highest BCUT2D eigenvalue weighted by Gasteiger charge is 2.22. The van der Waals surface area contributed by atoms with E-state index in [-0.39, 0.29) is 5.91 Å². The summed E-state index contributed by atoms with van der Waals surface area (Å²) in [5.74, 6) is 0.587. The number of para-hydroxylation sites is 1. The normalized spacial score (nSPS) is 10.8. The Balaban J connectivity index is 1.99. The van der Waals surface area contributed by atoms with Crippen molar-refractivity contribution in [1.82, 2.24) is 9.88 Å². The Labute approximate surface area is 168 Å². The molecule has 3 rings (SSSR count). The molecule has 0 radical (unpaired) electrons. The average Bonchev–Trinajstić information content (AvgIpc) is 3.13. The van der Waals surface area contributed by atoms with Crippen LogP contribution in [0.25, 0.3) is 10.2 Å². The van der Waals surface area contributed by atoms with Gasteiger partial charge in [-0.15, -0.1) is 0 Å². The number of hydrogen-bond acceptors (Lipinski definition) is 6. The number of fused-ring (bicyclic) bond motifs is 1. The summed E-state index contributed by atoms with van der Waals surface area (Å²) in [6.07, 6.45) is 0. The number of thiazole rings is 1. The van der Waals surface area contributed by atoms with E-state index in [1.165, 1.54) is 11.3 Å². The zero-order valence-corrected chi connectivity index (χ0v) is 17.0. The van der Waals surface area contributed by atoms with Gasteiger partial charge in [-0.2, -0.15) is 5.26 Å². The van der Waals surface area contributed by atoms with Crippen LogP contribution in [0.4, 0.5) is 5.13 Å². The van der Waals surface area contributed by atoms with Gasteiger partial charge in [0.25, 0.3) is 5.91 Å². The number of nitriles is 1. The molecule has 1 amide bonds. The van der Waals surface area contributed by atoms with Gasteiger partial charge in [0.15, 0.2) is 5.13 Å². The van der Waals surface area contributed by atoms with Crippen molar-refractivity contribution in [3.63, 3.8) is 0 Å². The van der Waals surface area contributed by atoms with E-state index in [0.29, 0.717) is 36.0 Å². The van der Waals surface area contributed by atoms with E-state index >= 15 is 0 Å². The summed E-state index contributed by atoms with van der Waals surface area (Å²) in [5.41, 5.74) is 1.83. The quantitative estimate of drug-likeness (QED) is 0.610. The van der Waals surface area contributed by atoms with Gasteiger partial charge < -0.3 is 9.64 Å². The topological polar surface area (TPSA) is 69.5 Å². The minimum absolute atomic E-state index is 0.136. The maximum absolute atomic E-state index is 13.2. The van der Waals surface area contributed by atoms with E-state index in [4.69, 9.17) is 15.0 Å². The number of carbonyl (C=O) groups is 1. The van der Waals surface area contributed by atoms with Crippen molar-refractivity contribution in [1.29, 1.82) is 5.26 Å². The molecule has 6 nitrogen and oxygen atoms in total. The molecule has 0 saturated heterocycles. The van der Waals surface area contributed by atoms with E-state index in [1.54, 1.807) is 29.2 Å². The minimum atomic E-state index is -0.136. The summed E-state index contributed by atoms with van der Waals surface area (Å²) < 4.78 is 6.66. The zero-order valence-electron chi connectivity index (χ0n) is 16.2. The summed E-state index contributed by atoms with van der Waals surface area (Å²) in [6, 6.07) is 14.6. The minimum Gasteiger partial charge on any atom is -0.492 e. The monoisotopic (exact) mass is 394 g/mol. The fourth-order valence-electron chi connectivity index (χ4n) is 2.73. The Morgan fingerprint density at radius 1 is 1.18 bits per heavy atom. The van der Waals surface area contributed by atoms with E-state index in [2.05, 4.69) is 6.07 Å². The number of rotatable bonds is 7. The number of hydrogen-bond donors (Lipinski definition) is 0. The zero-order chi connectivity index (χ0) is 20.1. The third-order valence-corrected chi connectivity index (χ3v) is 5.22. The highest BCUT2D eigenvalue weighted by atomic mass is 32.1. The van der Waals surface area contributed by atoms with Crippen molar-refractivity contribution in [3.05, 3.63) is 53.6 Å². The fourth-order valence-corrected chi connectivity index (χ4v) is 3.73. The summed E-state index contributed by atoms with van der Waals surface area (Å²) in [5, 5.41) is 9.62. The van der Waals surface area contributed by atoms with Gasteiger partial charge >= 0.3 is 0 Å². The lowest BCUT2D eigenvalue weighted by Gasteiger charge is -2.22. The molecule has 0 spiro atoms. The fraction of sp³-hybridized carbons (Fsp3) is 0.286. The molecular formula is C21H22N4O2S. The van der Waals surface area contributed by atoms with E-state index in [0.717, 1.165) is 16.0 Å². The van der Waals surface area contributed by atoms with Crippen LogP contribution >= 0.6 is 11.3 Å². The Kier molecular flexibility index (Phi) is 6.24. The average molecular weight is 395 g/mol. The summed E-state index contributed by atoms with van der Waals surface area (Å²) in [6.45, 7) is 3.70. The first-order valence-corrected chi connectivity index (χ1v) is 9.84. The molecule has 0 aliphatic carbocycles. The first kappa shape index (κ1) is 19.8. The maximum Gasteiger partial charge on any atom is 0.260 e. The molecule has 3 aromatic rings. The van der Waals surface area contributed by atoms with Gasteiger partial charge in [-0.1, -0.05) is 17.4 Å². The van der Waals surface area contributed by atoms with Crippen LogP contribution in [-0.2, 0) is 0 Å². The second-order valence-corrected chi connectivity index (χ2v) is 7.49. The lowest BCUT2D eigenvalue weighted by molar-refractivity contribution is 0.0985.